The second kappa shape index (κ2) is 4.26. The Labute approximate surface area is 94.0 Å². The average molecular weight is 218 g/mol. The van der Waals surface area contributed by atoms with Crippen molar-refractivity contribution < 1.29 is 9.90 Å². The Kier molecular flexibility index (Phi) is 2.81. The second-order valence-corrected chi connectivity index (χ2v) is 3.79. The molecule has 0 spiro atoms. The van der Waals surface area contributed by atoms with E-state index in [9.17, 15) is 4.79 Å². The first-order chi connectivity index (χ1) is 7.68. The van der Waals surface area contributed by atoms with Crippen molar-refractivity contribution in [3.63, 3.8) is 0 Å². The van der Waals surface area contributed by atoms with E-state index in [1.54, 1.807) is 12.1 Å². The number of carboxylic acid groups (broad SMARTS) is 1. The maximum absolute atomic E-state index is 11.1. The molecule has 3 N–H and O–H groups in total. The van der Waals surface area contributed by atoms with Gasteiger partial charge in [0, 0.05) is 18.8 Å². The van der Waals surface area contributed by atoms with Crippen LogP contribution < -0.4 is 10.6 Å². The molecule has 2 rings (SSSR count). The van der Waals surface area contributed by atoms with E-state index in [0.29, 0.717) is 5.69 Å². The van der Waals surface area contributed by atoms with Gasteiger partial charge in [-0.15, -0.1) is 0 Å². The number of aromatic carboxylic acids is 1. The summed E-state index contributed by atoms with van der Waals surface area (Å²) in [5.41, 5.74) is 7.09. The van der Waals surface area contributed by atoms with Crippen molar-refractivity contribution >= 4 is 17.3 Å². The van der Waals surface area contributed by atoms with Crippen molar-refractivity contribution in [3.05, 3.63) is 35.9 Å². The molecule has 0 bridgehead atoms. The van der Waals surface area contributed by atoms with Crippen LogP contribution in [-0.2, 0) is 0 Å². The minimum Gasteiger partial charge on any atom is -0.478 e. The topological polar surface area (TPSA) is 66.6 Å². The number of carboxylic acids is 1. The number of hydrogen-bond donors (Lipinski definition) is 2. The van der Waals surface area contributed by atoms with Gasteiger partial charge in [-0.3, -0.25) is 0 Å². The summed E-state index contributed by atoms with van der Waals surface area (Å²) in [4.78, 5) is 13.2. The fraction of sp³-hybridized carbons (Fsp3) is 0.250. The van der Waals surface area contributed by atoms with Crippen LogP contribution in [0.4, 0.5) is 11.4 Å². The molecule has 0 aliphatic carbocycles. The van der Waals surface area contributed by atoms with E-state index in [1.165, 1.54) is 6.07 Å². The van der Waals surface area contributed by atoms with Crippen LogP contribution in [-0.4, -0.2) is 24.2 Å². The van der Waals surface area contributed by atoms with Gasteiger partial charge < -0.3 is 15.7 Å². The second-order valence-electron chi connectivity index (χ2n) is 3.79. The van der Waals surface area contributed by atoms with Crippen LogP contribution in [0.1, 0.15) is 16.8 Å². The van der Waals surface area contributed by atoms with Crippen LogP contribution in [0.2, 0.25) is 0 Å². The third-order valence-electron chi connectivity index (χ3n) is 2.65. The van der Waals surface area contributed by atoms with E-state index < -0.39 is 5.97 Å². The monoisotopic (exact) mass is 218 g/mol. The van der Waals surface area contributed by atoms with E-state index in [-0.39, 0.29) is 5.56 Å². The predicted octanol–water partition coefficient (Wildman–Crippen LogP) is 1.73. The van der Waals surface area contributed by atoms with Crippen molar-refractivity contribution in [2.75, 3.05) is 23.7 Å². The third-order valence-corrected chi connectivity index (χ3v) is 2.65. The highest BCUT2D eigenvalue weighted by Crippen LogP contribution is 2.24. The molecular formula is C12H14N2O2. The summed E-state index contributed by atoms with van der Waals surface area (Å²) < 4.78 is 0. The summed E-state index contributed by atoms with van der Waals surface area (Å²) in [6.07, 6.45) is 5.10. The van der Waals surface area contributed by atoms with Crippen LogP contribution in [0, 0.1) is 0 Å². The van der Waals surface area contributed by atoms with Gasteiger partial charge in [-0.2, -0.15) is 0 Å². The number of rotatable bonds is 2. The summed E-state index contributed by atoms with van der Waals surface area (Å²) in [5.74, 6) is -0.933. The number of nitrogen functional groups attached to an aromatic ring is 1. The van der Waals surface area contributed by atoms with Gasteiger partial charge in [0.05, 0.1) is 11.3 Å². The Morgan fingerprint density at radius 3 is 2.81 bits per heavy atom. The molecule has 0 atom stereocenters. The summed E-state index contributed by atoms with van der Waals surface area (Å²) in [7, 11) is 0. The lowest BCUT2D eigenvalue weighted by molar-refractivity contribution is 0.0697. The molecule has 16 heavy (non-hydrogen) atoms. The lowest BCUT2D eigenvalue weighted by Crippen LogP contribution is -2.28. The zero-order valence-corrected chi connectivity index (χ0v) is 8.89. The van der Waals surface area contributed by atoms with Gasteiger partial charge in [-0.1, -0.05) is 12.2 Å². The molecule has 4 nitrogen and oxygen atoms in total. The van der Waals surface area contributed by atoms with Gasteiger partial charge in [0.25, 0.3) is 0 Å². The molecule has 1 aromatic carbocycles. The first-order valence-electron chi connectivity index (χ1n) is 5.21. The molecule has 0 aromatic heterocycles. The van der Waals surface area contributed by atoms with Crippen molar-refractivity contribution in [1.29, 1.82) is 0 Å². The maximum atomic E-state index is 11.1. The van der Waals surface area contributed by atoms with E-state index in [4.69, 9.17) is 10.8 Å². The van der Waals surface area contributed by atoms with E-state index in [1.807, 2.05) is 11.0 Å². The number of benzene rings is 1. The minimum absolute atomic E-state index is 0.273. The summed E-state index contributed by atoms with van der Waals surface area (Å²) in [6.45, 7) is 1.60. The van der Waals surface area contributed by atoms with Gasteiger partial charge in [-0.25, -0.2) is 4.79 Å². The Hall–Kier alpha value is -1.97. The van der Waals surface area contributed by atoms with Gasteiger partial charge in [0.1, 0.15) is 0 Å². The highest BCUT2D eigenvalue weighted by Gasteiger charge is 2.16. The van der Waals surface area contributed by atoms with E-state index >= 15 is 0 Å². The zero-order valence-electron chi connectivity index (χ0n) is 8.89. The molecular weight excluding hydrogens is 204 g/mol. The van der Waals surface area contributed by atoms with E-state index in [2.05, 4.69) is 6.08 Å². The average Bonchev–Trinajstić information content (AvgIpc) is 2.30. The van der Waals surface area contributed by atoms with Gasteiger partial charge >= 0.3 is 5.97 Å². The minimum atomic E-state index is -0.933. The first-order valence-corrected chi connectivity index (χ1v) is 5.21. The standard InChI is InChI=1S/C12H14N2O2/c13-9-4-5-11(10(8-9)12(15)16)14-6-2-1-3-7-14/h1-2,4-5,8H,3,6-7,13H2,(H,15,16). The van der Waals surface area contributed by atoms with Gasteiger partial charge in [-0.05, 0) is 24.6 Å². The van der Waals surface area contributed by atoms with Crippen LogP contribution in [0.15, 0.2) is 30.4 Å². The molecule has 0 saturated heterocycles. The lowest BCUT2D eigenvalue weighted by atomic mass is 10.1. The molecule has 0 saturated carbocycles. The highest BCUT2D eigenvalue weighted by atomic mass is 16.4. The Morgan fingerprint density at radius 2 is 2.19 bits per heavy atom. The number of nitrogens with zero attached hydrogens (tertiary/aromatic N) is 1. The summed E-state index contributed by atoms with van der Waals surface area (Å²) >= 11 is 0. The fourth-order valence-corrected chi connectivity index (χ4v) is 1.86. The van der Waals surface area contributed by atoms with Gasteiger partial charge in [0.15, 0.2) is 0 Å². The number of nitrogens with two attached hydrogens (primary N) is 1. The number of carbonyl (C=O) groups is 1. The normalized spacial score (nSPS) is 15.1. The maximum Gasteiger partial charge on any atom is 0.337 e. The molecule has 0 unspecified atom stereocenters. The van der Waals surface area contributed by atoms with Crippen molar-refractivity contribution in [2.45, 2.75) is 6.42 Å². The molecule has 1 heterocycles. The van der Waals surface area contributed by atoms with Crippen molar-refractivity contribution in [3.8, 4) is 0 Å². The fourth-order valence-electron chi connectivity index (χ4n) is 1.86. The van der Waals surface area contributed by atoms with Crippen LogP contribution in [0.25, 0.3) is 0 Å². The summed E-state index contributed by atoms with van der Waals surface area (Å²) in [6, 6.07) is 5.02. The Bertz CT molecular complexity index is 441. The molecule has 0 amide bonds. The zero-order chi connectivity index (χ0) is 11.5. The van der Waals surface area contributed by atoms with Crippen molar-refractivity contribution in [1.82, 2.24) is 0 Å². The largest absolute Gasteiger partial charge is 0.478 e. The molecule has 1 aliphatic rings. The lowest BCUT2D eigenvalue weighted by Gasteiger charge is -2.27. The molecule has 1 aliphatic heterocycles. The van der Waals surface area contributed by atoms with Gasteiger partial charge in [0.2, 0.25) is 0 Å². The molecule has 4 heteroatoms. The van der Waals surface area contributed by atoms with E-state index in [0.717, 1.165) is 25.2 Å². The Morgan fingerprint density at radius 1 is 1.38 bits per heavy atom. The molecule has 0 fully saturated rings. The smallest absolute Gasteiger partial charge is 0.337 e. The quantitative estimate of drug-likeness (QED) is 0.586. The third kappa shape index (κ3) is 2.00. The first kappa shape index (κ1) is 10.5. The number of anilines is 2. The van der Waals surface area contributed by atoms with Crippen LogP contribution in [0.5, 0.6) is 0 Å². The van der Waals surface area contributed by atoms with Crippen LogP contribution in [0.3, 0.4) is 0 Å². The molecule has 84 valence electrons. The summed E-state index contributed by atoms with van der Waals surface area (Å²) in [5, 5.41) is 9.12. The number of hydrogen-bond acceptors (Lipinski definition) is 3. The highest BCUT2D eigenvalue weighted by molar-refractivity contribution is 5.95. The van der Waals surface area contributed by atoms with Crippen LogP contribution >= 0.6 is 0 Å². The SMILES string of the molecule is Nc1ccc(N2CC=CCC2)c(C(=O)O)c1. The molecule has 1 aromatic rings. The van der Waals surface area contributed by atoms with Crippen molar-refractivity contribution in [2.24, 2.45) is 0 Å². The molecule has 0 radical (unpaired) electrons. The Balaban J connectivity index is 2.39. The predicted molar refractivity (Wildman–Crippen MR) is 63.8 cm³/mol.